The molecule has 0 aromatic rings. The van der Waals surface area contributed by atoms with Gasteiger partial charge in [0, 0.05) is 18.4 Å². The van der Waals surface area contributed by atoms with Gasteiger partial charge in [-0.1, -0.05) is 45.4 Å². The van der Waals surface area contributed by atoms with E-state index in [1.807, 2.05) is 0 Å². The maximum atomic E-state index is 10.1. The number of carboxylic acid groups (broad SMARTS) is 3. The van der Waals surface area contributed by atoms with Crippen LogP contribution in [0.15, 0.2) is 0 Å². The largest absolute Gasteiger partial charge is 1.00 e. The molecular weight excluding hydrogens is 336 g/mol. The Kier molecular flexibility index (Phi) is 31.2. The van der Waals surface area contributed by atoms with Gasteiger partial charge in [-0.05, 0) is 19.3 Å². The first-order chi connectivity index (χ1) is 10.3. The fourth-order valence-corrected chi connectivity index (χ4v) is 1.62. The van der Waals surface area contributed by atoms with E-state index < -0.39 is 23.9 Å². The Bertz CT molecular complexity index is 329. The van der Waals surface area contributed by atoms with Crippen LogP contribution in [0, 0.1) is 0 Å². The van der Waals surface area contributed by atoms with Crippen molar-refractivity contribution in [3.05, 3.63) is 0 Å². The third-order valence-electron chi connectivity index (χ3n) is 2.96. The molecule has 0 saturated heterocycles. The number of nitrogens with two attached hydrogens (primary N) is 1. The molecular formula is C15H27NNa2O6. The van der Waals surface area contributed by atoms with Crippen molar-refractivity contribution in [3.63, 3.8) is 0 Å². The van der Waals surface area contributed by atoms with Crippen LogP contribution >= 0.6 is 0 Å². The van der Waals surface area contributed by atoms with Gasteiger partial charge < -0.3 is 30.6 Å². The van der Waals surface area contributed by atoms with Gasteiger partial charge in [-0.3, -0.25) is 4.79 Å². The number of carbonyl (C=O) groups excluding carboxylic acids is 2. The first-order valence-corrected chi connectivity index (χ1v) is 7.69. The normalized spacial score (nSPS) is 10.2. The summed E-state index contributed by atoms with van der Waals surface area (Å²) in [5, 5.41) is 28.0. The fourth-order valence-electron chi connectivity index (χ4n) is 1.62. The van der Waals surface area contributed by atoms with Crippen LogP contribution in [0.2, 0.25) is 0 Å². The zero-order valence-electron chi connectivity index (χ0n) is 15.2. The summed E-state index contributed by atoms with van der Waals surface area (Å²) in [6.45, 7) is 2.20. The fraction of sp³-hybridized carbons (Fsp3) is 0.800. The maximum Gasteiger partial charge on any atom is 1.00 e. The molecule has 0 saturated carbocycles. The second-order valence-corrected chi connectivity index (χ2v) is 5.10. The standard InChI is InChI=1S/C10H20O2.C5H9NO4.2Na/c1-2-3-4-5-6-7-8-9-10(11)12;6-3(5(9)10)1-2-4(7)8;;/h2-9H2,1H3,(H,11,12);3H,1-2,6H2,(H,7,8)(H,9,10);;/q;;2*+1/p-2. The van der Waals surface area contributed by atoms with Gasteiger partial charge in [0.05, 0.1) is 5.97 Å². The molecule has 24 heavy (non-hydrogen) atoms. The van der Waals surface area contributed by atoms with E-state index >= 15 is 0 Å². The van der Waals surface area contributed by atoms with E-state index in [0.29, 0.717) is 6.42 Å². The van der Waals surface area contributed by atoms with Crippen LogP contribution in [0.25, 0.3) is 0 Å². The molecule has 7 nitrogen and oxygen atoms in total. The van der Waals surface area contributed by atoms with E-state index in [4.69, 9.17) is 10.8 Å². The van der Waals surface area contributed by atoms with Crippen molar-refractivity contribution < 1.29 is 88.8 Å². The predicted octanol–water partition coefficient (Wildman–Crippen LogP) is -6.19. The molecule has 0 heterocycles. The van der Waals surface area contributed by atoms with Crippen molar-refractivity contribution in [2.24, 2.45) is 5.73 Å². The molecule has 0 rings (SSSR count). The topological polar surface area (TPSA) is 144 Å². The molecule has 1 atom stereocenters. The quantitative estimate of drug-likeness (QED) is 0.259. The van der Waals surface area contributed by atoms with Crippen molar-refractivity contribution in [1.82, 2.24) is 0 Å². The Morgan fingerprint density at radius 1 is 0.917 bits per heavy atom. The molecule has 0 fully saturated rings. The summed E-state index contributed by atoms with van der Waals surface area (Å²) in [5.41, 5.74) is 4.91. The van der Waals surface area contributed by atoms with Crippen LogP contribution in [-0.4, -0.2) is 29.1 Å². The van der Waals surface area contributed by atoms with Crippen molar-refractivity contribution >= 4 is 17.9 Å². The molecule has 0 aliphatic rings. The first kappa shape index (κ1) is 32.1. The molecule has 9 heteroatoms. The van der Waals surface area contributed by atoms with Crippen molar-refractivity contribution in [2.75, 3.05) is 0 Å². The van der Waals surface area contributed by atoms with E-state index in [9.17, 15) is 24.6 Å². The number of rotatable bonds is 12. The van der Waals surface area contributed by atoms with Gasteiger partial charge in [0.25, 0.3) is 0 Å². The van der Waals surface area contributed by atoms with Crippen LogP contribution in [0.1, 0.15) is 71.1 Å². The minimum atomic E-state index is -1.44. The molecule has 0 aliphatic carbocycles. The molecule has 0 aromatic heterocycles. The monoisotopic (exact) mass is 363 g/mol. The smallest absolute Gasteiger partial charge is 0.550 e. The van der Waals surface area contributed by atoms with Gasteiger partial charge in [0.2, 0.25) is 0 Å². The second kappa shape index (κ2) is 23.4. The van der Waals surface area contributed by atoms with Crippen LogP contribution in [0.4, 0.5) is 0 Å². The van der Waals surface area contributed by atoms with Crippen LogP contribution in [0.3, 0.4) is 0 Å². The number of hydrogen-bond acceptors (Lipinski definition) is 6. The van der Waals surface area contributed by atoms with Crippen LogP contribution < -0.4 is 75.1 Å². The zero-order chi connectivity index (χ0) is 17.4. The molecule has 130 valence electrons. The van der Waals surface area contributed by atoms with Crippen LogP contribution in [0.5, 0.6) is 0 Å². The molecule has 0 radical (unpaired) electrons. The van der Waals surface area contributed by atoms with Crippen molar-refractivity contribution in [3.8, 4) is 0 Å². The third kappa shape index (κ3) is 30.3. The Balaban J connectivity index is -0.000000156. The Morgan fingerprint density at radius 3 is 1.75 bits per heavy atom. The molecule has 0 aliphatic heterocycles. The molecule has 3 N–H and O–H groups in total. The second-order valence-electron chi connectivity index (χ2n) is 5.10. The zero-order valence-corrected chi connectivity index (χ0v) is 19.2. The molecule has 0 bridgehead atoms. The van der Waals surface area contributed by atoms with Crippen molar-refractivity contribution in [2.45, 2.75) is 77.2 Å². The number of hydrogen-bond donors (Lipinski definition) is 2. The maximum absolute atomic E-state index is 10.1. The Hall–Kier alpha value is 0.370. The Labute approximate surface area is 188 Å². The van der Waals surface area contributed by atoms with Gasteiger partial charge in [-0.15, -0.1) is 0 Å². The first-order valence-electron chi connectivity index (χ1n) is 7.69. The van der Waals surface area contributed by atoms with E-state index in [-0.39, 0.29) is 72.0 Å². The number of unbranched alkanes of at least 4 members (excludes halogenated alkanes) is 6. The summed E-state index contributed by atoms with van der Waals surface area (Å²) < 4.78 is 0. The molecule has 0 amide bonds. The minimum absolute atomic E-state index is 0. The average Bonchev–Trinajstić information content (AvgIpc) is 2.44. The Morgan fingerprint density at radius 2 is 1.38 bits per heavy atom. The predicted molar refractivity (Wildman–Crippen MR) is 77.5 cm³/mol. The third-order valence-corrected chi connectivity index (χ3v) is 2.96. The van der Waals surface area contributed by atoms with E-state index in [2.05, 4.69) is 6.92 Å². The van der Waals surface area contributed by atoms with Gasteiger partial charge in [-0.25, -0.2) is 0 Å². The molecule has 0 aromatic carbocycles. The van der Waals surface area contributed by atoms with Crippen LogP contribution in [-0.2, 0) is 14.4 Å². The SMILES string of the molecule is CCCCCCCCCC(=O)O.NC(CCC(=O)[O-])C(=O)[O-].[Na+].[Na+]. The van der Waals surface area contributed by atoms with Gasteiger partial charge >= 0.3 is 65.1 Å². The van der Waals surface area contributed by atoms with Gasteiger partial charge in [-0.2, -0.15) is 0 Å². The minimum Gasteiger partial charge on any atom is -0.550 e. The van der Waals surface area contributed by atoms with E-state index in [1.54, 1.807) is 0 Å². The summed E-state index contributed by atoms with van der Waals surface area (Å²) in [4.78, 5) is 29.7. The number of carboxylic acids is 3. The summed E-state index contributed by atoms with van der Waals surface area (Å²) in [6, 6.07) is -1.21. The summed E-state index contributed by atoms with van der Waals surface area (Å²) in [7, 11) is 0. The molecule has 1 unspecified atom stereocenters. The number of carbonyl (C=O) groups is 3. The summed E-state index contributed by atoms with van der Waals surface area (Å²) in [5.74, 6) is -3.42. The summed E-state index contributed by atoms with van der Waals surface area (Å²) in [6.07, 6.45) is 8.14. The number of aliphatic carboxylic acids is 3. The van der Waals surface area contributed by atoms with Crippen molar-refractivity contribution in [1.29, 1.82) is 0 Å². The van der Waals surface area contributed by atoms with Gasteiger partial charge in [0.1, 0.15) is 0 Å². The summed E-state index contributed by atoms with van der Waals surface area (Å²) >= 11 is 0. The van der Waals surface area contributed by atoms with Gasteiger partial charge in [0.15, 0.2) is 0 Å². The average molecular weight is 363 g/mol. The van der Waals surface area contributed by atoms with E-state index in [1.165, 1.54) is 32.1 Å². The van der Waals surface area contributed by atoms with E-state index in [0.717, 1.165) is 12.8 Å². The molecule has 0 spiro atoms.